The summed E-state index contributed by atoms with van der Waals surface area (Å²) in [6.45, 7) is 3.41. The number of furan rings is 1. The number of urea groups is 1. The number of carbonyl (C=O) groups is 1. The van der Waals surface area contributed by atoms with Gasteiger partial charge in [0.15, 0.2) is 0 Å². The SMILES string of the molecule is CC1CCC(NC(=O)N(Cc2ccco2)Cc2cccs2)CC1. The largest absolute Gasteiger partial charge is 0.467 e. The molecule has 124 valence electrons. The lowest BCUT2D eigenvalue weighted by atomic mass is 9.87. The van der Waals surface area contributed by atoms with E-state index in [1.165, 1.54) is 17.7 Å². The Balaban J connectivity index is 1.62. The van der Waals surface area contributed by atoms with E-state index in [9.17, 15) is 4.79 Å². The van der Waals surface area contributed by atoms with Crippen LogP contribution < -0.4 is 5.32 Å². The first-order valence-electron chi connectivity index (χ1n) is 8.31. The highest BCUT2D eigenvalue weighted by molar-refractivity contribution is 7.09. The van der Waals surface area contributed by atoms with Crippen molar-refractivity contribution in [3.63, 3.8) is 0 Å². The fraction of sp³-hybridized carbons (Fsp3) is 0.500. The number of thiophene rings is 1. The molecule has 0 spiro atoms. The van der Waals surface area contributed by atoms with E-state index >= 15 is 0 Å². The fourth-order valence-corrected chi connectivity index (χ4v) is 3.77. The standard InChI is InChI=1S/C18H24N2O2S/c1-14-6-8-15(9-7-14)19-18(21)20(12-16-4-2-10-22-16)13-17-5-3-11-23-17/h2-5,10-11,14-15H,6-9,12-13H2,1H3,(H,19,21). The molecule has 2 aromatic rings. The van der Waals surface area contributed by atoms with Gasteiger partial charge in [-0.15, -0.1) is 11.3 Å². The lowest BCUT2D eigenvalue weighted by Gasteiger charge is -2.30. The van der Waals surface area contributed by atoms with Crippen LogP contribution in [-0.2, 0) is 13.1 Å². The van der Waals surface area contributed by atoms with E-state index in [0.717, 1.165) is 24.5 Å². The highest BCUT2D eigenvalue weighted by atomic mass is 32.1. The van der Waals surface area contributed by atoms with Crippen LogP contribution in [-0.4, -0.2) is 17.0 Å². The van der Waals surface area contributed by atoms with E-state index in [4.69, 9.17) is 4.42 Å². The van der Waals surface area contributed by atoms with Crippen molar-refractivity contribution < 1.29 is 9.21 Å². The molecule has 0 aliphatic heterocycles. The molecule has 0 radical (unpaired) electrons. The van der Waals surface area contributed by atoms with Crippen molar-refractivity contribution in [3.05, 3.63) is 46.5 Å². The van der Waals surface area contributed by atoms with Gasteiger partial charge in [-0.25, -0.2) is 4.79 Å². The van der Waals surface area contributed by atoms with Crippen LogP contribution in [0.5, 0.6) is 0 Å². The Morgan fingerprint density at radius 3 is 2.74 bits per heavy atom. The molecule has 1 saturated carbocycles. The number of rotatable bonds is 5. The maximum atomic E-state index is 12.7. The van der Waals surface area contributed by atoms with Crippen molar-refractivity contribution >= 4 is 17.4 Å². The van der Waals surface area contributed by atoms with E-state index in [-0.39, 0.29) is 6.03 Å². The molecular formula is C18H24N2O2S. The Bertz CT molecular complexity index is 550. The van der Waals surface area contributed by atoms with Gasteiger partial charge in [-0.05, 0) is 55.2 Å². The van der Waals surface area contributed by atoms with Crippen LogP contribution in [0.2, 0.25) is 0 Å². The third-order valence-corrected chi connectivity index (χ3v) is 5.35. The third-order valence-electron chi connectivity index (χ3n) is 4.48. The Kier molecular flexibility index (Phi) is 5.39. The summed E-state index contributed by atoms with van der Waals surface area (Å²) in [6, 6.07) is 8.17. The first-order chi connectivity index (χ1) is 11.2. The molecule has 5 heteroatoms. The van der Waals surface area contributed by atoms with Gasteiger partial charge in [0.1, 0.15) is 5.76 Å². The minimum absolute atomic E-state index is 0.00866. The molecule has 0 atom stereocenters. The predicted molar refractivity (Wildman–Crippen MR) is 92.2 cm³/mol. The number of nitrogens with one attached hydrogen (secondary N) is 1. The molecular weight excluding hydrogens is 308 g/mol. The molecule has 4 nitrogen and oxygen atoms in total. The van der Waals surface area contributed by atoms with Crippen molar-refractivity contribution in [1.82, 2.24) is 10.2 Å². The first-order valence-corrected chi connectivity index (χ1v) is 9.19. The van der Waals surface area contributed by atoms with Crippen molar-refractivity contribution in [2.45, 2.75) is 51.7 Å². The lowest BCUT2D eigenvalue weighted by Crippen LogP contribution is -2.45. The summed E-state index contributed by atoms with van der Waals surface area (Å²) in [5.41, 5.74) is 0. The second-order valence-corrected chi connectivity index (χ2v) is 7.45. The summed E-state index contributed by atoms with van der Waals surface area (Å²) in [6.07, 6.45) is 6.22. The van der Waals surface area contributed by atoms with Gasteiger partial charge >= 0.3 is 6.03 Å². The molecule has 3 rings (SSSR count). The summed E-state index contributed by atoms with van der Waals surface area (Å²) in [4.78, 5) is 15.7. The molecule has 23 heavy (non-hydrogen) atoms. The zero-order valence-corrected chi connectivity index (χ0v) is 14.3. The van der Waals surface area contributed by atoms with Gasteiger partial charge in [0.25, 0.3) is 0 Å². The molecule has 0 saturated heterocycles. The Hall–Kier alpha value is -1.75. The number of nitrogens with zero attached hydrogens (tertiary/aromatic N) is 1. The summed E-state index contributed by atoms with van der Waals surface area (Å²) >= 11 is 1.68. The average molecular weight is 332 g/mol. The predicted octanol–water partition coefficient (Wildman–Crippen LogP) is 4.63. The normalized spacial score (nSPS) is 21.1. The van der Waals surface area contributed by atoms with Crippen molar-refractivity contribution in [3.8, 4) is 0 Å². The van der Waals surface area contributed by atoms with Crippen molar-refractivity contribution in [2.75, 3.05) is 0 Å². The van der Waals surface area contributed by atoms with E-state index in [0.29, 0.717) is 19.1 Å². The molecule has 2 aromatic heterocycles. The second kappa shape index (κ2) is 7.68. The van der Waals surface area contributed by atoms with E-state index < -0.39 is 0 Å². The van der Waals surface area contributed by atoms with Crippen LogP contribution >= 0.6 is 11.3 Å². The van der Waals surface area contributed by atoms with Crippen LogP contribution in [0.1, 0.15) is 43.2 Å². The molecule has 0 unspecified atom stereocenters. The summed E-state index contributed by atoms with van der Waals surface area (Å²) in [5.74, 6) is 1.60. The van der Waals surface area contributed by atoms with Crippen molar-refractivity contribution in [2.24, 2.45) is 5.92 Å². The van der Waals surface area contributed by atoms with E-state index in [1.807, 2.05) is 28.5 Å². The van der Waals surface area contributed by atoms with Gasteiger partial charge in [-0.3, -0.25) is 0 Å². The monoisotopic (exact) mass is 332 g/mol. The Labute approximate surface area is 141 Å². The smallest absolute Gasteiger partial charge is 0.318 e. The van der Waals surface area contributed by atoms with Gasteiger partial charge in [0, 0.05) is 10.9 Å². The molecule has 1 N–H and O–H groups in total. The molecule has 2 heterocycles. The van der Waals surface area contributed by atoms with Crippen molar-refractivity contribution in [1.29, 1.82) is 0 Å². The quantitative estimate of drug-likeness (QED) is 0.867. The van der Waals surface area contributed by atoms with Crippen LogP contribution in [0, 0.1) is 5.92 Å². The molecule has 0 aromatic carbocycles. The van der Waals surface area contributed by atoms with E-state index in [1.54, 1.807) is 17.6 Å². The maximum Gasteiger partial charge on any atom is 0.318 e. The summed E-state index contributed by atoms with van der Waals surface area (Å²) in [5, 5.41) is 5.26. The van der Waals surface area contributed by atoms with Crippen LogP contribution in [0.25, 0.3) is 0 Å². The van der Waals surface area contributed by atoms with Gasteiger partial charge in [-0.2, -0.15) is 0 Å². The van der Waals surface area contributed by atoms with Crippen LogP contribution in [0.3, 0.4) is 0 Å². The zero-order chi connectivity index (χ0) is 16.1. The molecule has 1 aliphatic rings. The third kappa shape index (κ3) is 4.61. The number of carbonyl (C=O) groups excluding carboxylic acids is 1. The number of hydrogen-bond acceptors (Lipinski definition) is 3. The highest BCUT2D eigenvalue weighted by Crippen LogP contribution is 2.24. The Morgan fingerprint density at radius 1 is 1.26 bits per heavy atom. The summed E-state index contributed by atoms with van der Waals surface area (Å²) in [7, 11) is 0. The molecule has 1 aliphatic carbocycles. The molecule has 0 bridgehead atoms. The first kappa shape index (κ1) is 16.1. The zero-order valence-electron chi connectivity index (χ0n) is 13.5. The Morgan fingerprint density at radius 2 is 2.09 bits per heavy atom. The van der Waals surface area contributed by atoms with E-state index in [2.05, 4.69) is 18.3 Å². The van der Waals surface area contributed by atoms with Gasteiger partial charge in [0.2, 0.25) is 0 Å². The van der Waals surface area contributed by atoms with Crippen LogP contribution in [0.15, 0.2) is 40.3 Å². The highest BCUT2D eigenvalue weighted by Gasteiger charge is 2.23. The molecule has 2 amide bonds. The van der Waals surface area contributed by atoms with Gasteiger partial charge < -0.3 is 14.6 Å². The average Bonchev–Trinajstić information content (AvgIpc) is 3.22. The minimum Gasteiger partial charge on any atom is -0.467 e. The number of amides is 2. The van der Waals surface area contributed by atoms with Crippen LogP contribution in [0.4, 0.5) is 4.79 Å². The number of hydrogen-bond donors (Lipinski definition) is 1. The summed E-state index contributed by atoms with van der Waals surface area (Å²) < 4.78 is 5.42. The maximum absolute atomic E-state index is 12.7. The fourth-order valence-electron chi connectivity index (χ4n) is 3.05. The van der Waals surface area contributed by atoms with Gasteiger partial charge in [-0.1, -0.05) is 13.0 Å². The van der Waals surface area contributed by atoms with Gasteiger partial charge in [0.05, 0.1) is 19.4 Å². The topological polar surface area (TPSA) is 45.5 Å². The minimum atomic E-state index is 0.00866. The lowest BCUT2D eigenvalue weighted by molar-refractivity contribution is 0.178. The second-order valence-electron chi connectivity index (χ2n) is 6.42. The molecule has 1 fully saturated rings.